The molecule has 0 aliphatic carbocycles. The number of nitrogens with two attached hydrogens (primary N) is 1. The zero-order chi connectivity index (χ0) is 10.2. The quantitative estimate of drug-likeness (QED) is 0.784. The molecule has 1 aliphatic heterocycles. The van der Waals surface area contributed by atoms with Crippen molar-refractivity contribution in [2.24, 2.45) is 0 Å². The first kappa shape index (κ1) is 9.92. The fourth-order valence-corrected chi connectivity index (χ4v) is 3.97. The van der Waals surface area contributed by atoms with E-state index in [2.05, 4.69) is 4.98 Å². The maximum Gasteiger partial charge on any atom is 0.150 e. The summed E-state index contributed by atoms with van der Waals surface area (Å²) in [7, 11) is -2.77. The molecular weight excluding hydrogens is 220 g/mol. The first-order valence-electron chi connectivity index (χ1n) is 4.48. The molecule has 0 unspecified atom stereocenters. The van der Waals surface area contributed by atoms with Crippen molar-refractivity contribution >= 4 is 26.2 Å². The number of anilines is 1. The lowest BCUT2D eigenvalue weighted by Gasteiger charge is -2.19. The van der Waals surface area contributed by atoms with Crippen molar-refractivity contribution in [2.75, 3.05) is 17.2 Å². The number of hydrogen-bond donors (Lipinski definition) is 1. The van der Waals surface area contributed by atoms with Gasteiger partial charge in [-0.3, -0.25) is 0 Å². The van der Waals surface area contributed by atoms with Gasteiger partial charge in [-0.05, 0) is 12.8 Å². The Bertz CT molecular complexity index is 410. The monoisotopic (exact) mass is 232 g/mol. The van der Waals surface area contributed by atoms with Crippen molar-refractivity contribution in [2.45, 2.75) is 18.8 Å². The minimum Gasteiger partial charge on any atom is -0.389 e. The normalized spacial score (nSPS) is 22.3. The lowest BCUT2D eigenvalue weighted by atomic mass is 10.0. The van der Waals surface area contributed by atoms with Crippen LogP contribution in [0, 0.1) is 0 Å². The van der Waals surface area contributed by atoms with Crippen LogP contribution in [0.2, 0.25) is 0 Å². The molecule has 1 aliphatic rings. The molecule has 78 valence electrons. The van der Waals surface area contributed by atoms with Gasteiger partial charge in [0.1, 0.15) is 14.8 Å². The molecule has 0 bridgehead atoms. The summed E-state index contributed by atoms with van der Waals surface area (Å²) < 4.78 is 22.4. The van der Waals surface area contributed by atoms with E-state index in [1.807, 2.05) is 0 Å². The Morgan fingerprint density at radius 1 is 1.43 bits per heavy atom. The summed E-state index contributed by atoms with van der Waals surface area (Å²) in [5, 5.41) is 1.69. The highest BCUT2D eigenvalue weighted by Gasteiger charge is 2.26. The molecule has 14 heavy (non-hydrogen) atoms. The topological polar surface area (TPSA) is 73.0 Å². The maximum atomic E-state index is 11.2. The molecule has 2 N–H and O–H groups in total. The fraction of sp³-hybridized carbons (Fsp3) is 0.625. The van der Waals surface area contributed by atoms with Crippen molar-refractivity contribution in [1.82, 2.24) is 4.98 Å². The second-order valence-corrected chi connectivity index (χ2v) is 6.92. The predicted molar refractivity (Wildman–Crippen MR) is 57.2 cm³/mol. The Morgan fingerprint density at radius 3 is 2.57 bits per heavy atom. The van der Waals surface area contributed by atoms with Crippen LogP contribution in [-0.2, 0) is 9.84 Å². The van der Waals surface area contributed by atoms with Crippen LogP contribution in [0.4, 0.5) is 5.00 Å². The minimum atomic E-state index is -2.77. The van der Waals surface area contributed by atoms with Gasteiger partial charge in [-0.15, -0.1) is 11.3 Å². The van der Waals surface area contributed by atoms with Crippen LogP contribution in [0.3, 0.4) is 0 Å². The van der Waals surface area contributed by atoms with E-state index in [4.69, 9.17) is 5.73 Å². The van der Waals surface area contributed by atoms with E-state index in [9.17, 15) is 8.42 Å². The van der Waals surface area contributed by atoms with Gasteiger partial charge >= 0.3 is 0 Å². The number of aromatic nitrogens is 1. The number of rotatable bonds is 1. The van der Waals surface area contributed by atoms with Crippen LogP contribution >= 0.6 is 11.3 Å². The van der Waals surface area contributed by atoms with E-state index >= 15 is 0 Å². The van der Waals surface area contributed by atoms with Gasteiger partial charge in [-0.1, -0.05) is 0 Å². The van der Waals surface area contributed by atoms with Crippen molar-refractivity contribution in [1.29, 1.82) is 0 Å². The molecule has 0 spiro atoms. The van der Waals surface area contributed by atoms with E-state index < -0.39 is 9.84 Å². The third-order valence-corrected chi connectivity index (χ3v) is 5.15. The zero-order valence-electron chi connectivity index (χ0n) is 7.64. The summed E-state index contributed by atoms with van der Waals surface area (Å²) in [5.41, 5.74) is 5.58. The van der Waals surface area contributed by atoms with E-state index in [0.717, 1.165) is 5.01 Å². The molecule has 6 heteroatoms. The van der Waals surface area contributed by atoms with Gasteiger partial charge in [-0.2, -0.15) is 0 Å². The Hall–Kier alpha value is -0.620. The maximum absolute atomic E-state index is 11.2. The molecule has 4 nitrogen and oxygen atoms in total. The SMILES string of the molecule is Nc1cnc(C2CCS(=O)(=O)CC2)s1. The van der Waals surface area contributed by atoms with Crippen LogP contribution in [-0.4, -0.2) is 24.9 Å². The van der Waals surface area contributed by atoms with Crippen LogP contribution in [0.25, 0.3) is 0 Å². The Labute approximate surface area is 87.1 Å². The Morgan fingerprint density at radius 2 is 2.07 bits per heavy atom. The molecule has 1 saturated heterocycles. The van der Waals surface area contributed by atoms with Gasteiger partial charge in [-0.25, -0.2) is 13.4 Å². The molecule has 2 rings (SSSR count). The molecular formula is C8H12N2O2S2. The average molecular weight is 232 g/mol. The molecule has 1 fully saturated rings. The van der Waals surface area contributed by atoms with Crippen LogP contribution < -0.4 is 5.73 Å². The Kier molecular flexibility index (Phi) is 2.48. The fourth-order valence-electron chi connectivity index (χ4n) is 1.63. The first-order valence-corrected chi connectivity index (χ1v) is 7.12. The van der Waals surface area contributed by atoms with Gasteiger partial charge in [0, 0.05) is 5.92 Å². The molecule has 0 saturated carbocycles. The summed E-state index contributed by atoms with van der Waals surface area (Å²) in [5.74, 6) is 0.870. The average Bonchev–Trinajstić information content (AvgIpc) is 2.52. The molecule has 0 atom stereocenters. The number of nitrogen functional groups attached to an aromatic ring is 1. The number of thiazole rings is 1. The highest BCUT2D eigenvalue weighted by atomic mass is 32.2. The van der Waals surface area contributed by atoms with Gasteiger partial charge in [0.15, 0.2) is 0 Å². The second-order valence-electron chi connectivity index (χ2n) is 3.53. The highest BCUT2D eigenvalue weighted by molar-refractivity contribution is 7.91. The van der Waals surface area contributed by atoms with E-state index in [0.29, 0.717) is 23.8 Å². The summed E-state index contributed by atoms with van der Waals surface area (Å²) in [6, 6.07) is 0. The van der Waals surface area contributed by atoms with Gasteiger partial charge in [0.05, 0.1) is 22.7 Å². The molecule has 2 heterocycles. The molecule has 1 aromatic rings. The number of hydrogen-bond acceptors (Lipinski definition) is 5. The van der Waals surface area contributed by atoms with Crippen molar-refractivity contribution in [3.63, 3.8) is 0 Å². The van der Waals surface area contributed by atoms with E-state index in [1.54, 1.807) is 6.20 Å². The molecule has 0 aromatic carbocycles. The number of sulfone groups is 1. The van der Waals surface area contributed by atoms with Crippen molar-refractivity contribution < 1.29 is 8.42 Å². The lowest BCUT2D eigenvalue weighted by molar-refractivity contribution is 0.549. The zero-order valence-corrected chi connectivity index (χ0v) is 9.27. The second kappa shape index (κ2) is 3.51. The summed E-state index contributed by atoms with van der Waals surface area (Å²) >= 11 is 1.47. The summed E-state index contributed by atoms with van der Waals surface area (Å²) in [6.45, 7) is 0. The van der Waals surface area contributed by atoms with Crippen LogP contribution in [0.5, 0.6) is 0 Å². The van der Waals surface area contributed by atoms with E-state index in [1.165, 1.54) is 11.3 Å². The van der Waals surface area contributed by atoms with Gasteiger partial charge < -0.3 is 5.73 Å². The third kappa shape index (κ3) is 2.06. The molecule has 0 radical (unpaired) electrons. The standard InChI is InChI=1S/C8H12N2O2S2/c9-7-5-10-8(13-7)6-1-3-14(11,12)4-2-6/h5-6H,1-4,9H2. The van der Waals surface area contributed by atoms with Crippen LogP contribution in [0.15, 0.2) is 6.20 Å². The van der Waals surface area contributed by atoms with Gasteiger partial charge in [0.2, 0.25) is 0 Å². The summed E-state index contributed by atoms with van der Waals surface area (Å²) in [6.07, 6.45) is 3.02. The smallest absolute Gasteiger partial charge is 0.150 e. The molecule has 1 aromatic heterocycles. The number of nitrogens with zero attached hydrogens (tertiary/aromatic N) is 1. The summed E-state index contributed by atoms with van der Waals surface area (Å²) in [4.78, 5) is 4.19. The van der Waals surface area contributed by atoms with Crippen LogP contribution in [0.1, 0.15) is 23.8 Å². The Balaban J connectivity index is 2.09. The highest BCUT2D eigenvalue weighted by Crippen LogP contribution is 2.32. The van der Waals surface area contributed by atoms with Crippen molar-refractivity contribution in [3.8, 4) is 0 Å². The predicted octanol–water partition coefficient (Wildman–Crippen LogP) is 1.02. The molecule has 0 amide bonds. The third-order valence-electron chi connectivity index (χ3n) is 2.45. The van der Waals surface area contributed by atoms with Crippen molar-refractivity contribution in [3.05, 3.63) is 11.2 Å². The largest absolute Gasteiger partial charge is 0.389 e. The van der Waals surface area contributed by atoms with E-state index in [-0.39, 0.29) is 11.5 Å². The lowest BCUT2D eigenvalue weighted by Crippen LogP contribution is -2.21. The first-order chi connectivity index (χ1) is 6.57. The minimum absolute atomic E-state index is 0.289. The van der Waals surface area contributed by atoms with Gasteiger partial charge in [0.25, 0.3) is 0 Å².